The van der Waals surface area contributed by atoms with E-state index in [4.69, 9.17) is 0 Å². The normalized spacial score (nSPS) is 10.3. The van der Waals surface area contributed by atoms with Crippen LogP contribution in [0.4, 0.5) is 4.39 Å². The molecule has 2 aromatic rings. The lowest BCUT2D eigenvalue weighted by Gasteiger charge is -2.04. The fourth-order valence-corrected chi connectivity index (χ4v) is 1.40. The van der Waals surface area contributed by atoms with E-state index in [9.17, 15) is 9.18 Å². The zero-order valence-electron chi connectivity index (χ0n) is 8.14. The maximum Gasteiger partial charge on any atom is 0.153 e. The van der Waals surface area contributed by atoms with E-state index in [1.54, 1.807) is 25.1 Å². The molecule has 0 amide bonds. The Balaban J connectivity index is 2.59. The van der Waals surface area contributed by atoms with Crippen LogP contribution in [0.1, 0.15) is 16.1 Å². The molecule has 0 atom stereocenters. The molecule has 76 valence electrons. The third kappa shape index (κ3) is 1.54. The molecule has 0 spiro atoms. The Bertz CT molecular complexity index is 505. The maximum absolute atomic E-state index is 13.4. The van der Waals surface area contributed by atoms with Crippen molar-refractivity contribution in [3.05, 3.63) is 47.5 Å². The van der Waals surface area contributed by atoms with Crippen molar-refractivity contribution >= 4 is 6.29 Å². The first-order valence-corrected chi connectivity index (χ1v) is 4.48. The third-order valence-electron chi connectivity index (χ3n) is 2.26. The van der Waals surface area contributed by atoms with E-state index in [1.807, 2.05) is 0 Å². The van der Waals surface area contributed by atoms with Gasteiger partial charge in [0.2, 0.25) is 0 Å². The molecule has 0 radical (unpaired) electrons. The first kappa shape index (κ1) is 9.58. The standard InChI is InChI=1S/C11H9FN2O/c1-8-9(7-15)6-13-14(8)11-5-3-2-4-10(11)12/h2-7H,1H3. The van der Waals surface area contributed by atoms with E-state index in [2.05, 4.69) is 5.10 Å². The number of carbonyl (C=O) groups excluding carboxylic acids is 1. The molecule has 0 aliphatic heterocycles. The lowest BCUT2D eigenvalue weighted by atomic mass is 10.2. The quantitative estimate of drug-likeness (QED) is 0.702. The van der Waals surface area contributed by atoms with Gasteiger partial charge in [-0.25, -0.2) is 9.07 Å². The Morgan fingerprint density at radius 3 is 2.73 bits per heavy atom. The van der Waals surface area contributed by atoms with Crippen LogP contribution >= 0.6 is 0 Å². The van der Waals surface area contributed by atoms with Gasteiger partial charge in [-0.3, -0.25) is 4.79 Å². The van der Waals surface area contributed by atoms with Crippen LogP contribution < -0.4 is 0 Å². The van der Waals surface area contributed by atoms with Gasteiger partial charge < -0.3 is 0 Å². The second kappa shape index (κ2) is 3.65. The molecule has 0 unspecified atom stereocenters. The Morgan fingerprint density at radius 1 is 1.40 bits per heavy atom. The summed E-state index contributed by atoms with van der Waals surface area (Å²) in [5.74, 6) is -0.360. The number of rotatable bonds is 2. The fraction of sp³-hybridized carbons (Fsp3) is 0.0909. The van der Waals surface area contributed by atoms with Crippen LogP contribution in [-0.4, -0.2) is 16.1 Å². The van der Waals surface area contributed by atoms with Crippen LogP contribution in [0.2, 0.25) is 0 Å². The Labute approximate surface area is 86.2 Å². The zero-order chi connectivity index (χ0) is 10.8. The van der Waals surface area contributed by atoms with Gasteiger partial charge >= 0.3 is 0 Å². The van der Waals surface area contributed by atoms with Gasteiger partial charge in [0, 0.05) is 0 Å². The van der Waals surface area contributed by atoms with Crippen LogP contribution in [0, 0.1) is 12.7 Å². The zero-order valence-corrected chi connectivity index (χ0v) is 8.14. The summed E-state index contributed by atoms with van der Waals surface area (Å²) in [7, 11) is 0. The van der Waals surface area contributed by atoms with E-state index >= 15 is 0 Å². The number of para-hydroxylation sites is 1. The average molecular weight is 204 g/mol. The molecule has 0 aliphatic rings. The minimum Gasteiger partial charge on any atom is -0.298 e. The Hall–Kier alpha value is -1.97. The number of hydrogen-bond acceptors (Lipinski definition) is 2. The van der Waals surface area contributed by atoms with Gasteiger partial charge in [-0.2, -0.15) is 5.10 Å². The highest BCUT2D eigenvalue weighted by atomic mass is 19.1. The summed E-state index contributed by atoms with van der Waals surface area (Å²) < 4.78 is 14.8. The van der Waals surface area contributed by atoms with Gasteiger partial charge in [0.15, 0.2) is 6.29 Å². The lowest BCUT2D eigenvalue weighted by molar-refractivity contribution is 0.112. The fourth-order valence-electron chi connectivity index (χ4n) is 1.40. The molecule has 4 heteroatoms. The number of carbonyl (C=O) groups is 1. The average Bonchev–Trinajstić information content (AvgIpc) is 2.60. The molecule has 0 fully saturated rings. The van der Waals surface area contributed by atoms with E-state index < -0.39 is 0 Å². The number of nitrogens with zero attached hydrogens (tertiary/aromatic N) is 2. The van der Waals surface area contributed by atoms with Gasteiger partial charge in [-0.1, -0.05) is 12.1 Å². The van der Waals surface area contributed by atoms with Gasteiger partial charge in [0.05, 0.1) is 17.5 Å². The van der Waals surface area contributed by atoms with Crippen molar-refractivity contribution in [3.63, 3.8) is 0 Å². The minimum absolute atomic E-state index is 0.350. The van der Waals surface area contributed by atoms with Crippen molar-refractivity contribution < 1.29 is 9.18 Å². The highest BCUT2D eigenvalue weighted by Gasteiger charge is 2.09. The smallest absolute Gasteiger partial charge is 0.153 e. The van der Waals surface area contributed by atoms with Crippen LogP contribution in [-0.2, 0) is 0 Å². The topological polar surface area (TPSA) is 34.9 Å². The van der Waals surface area contributed by atoms with Crippen LogP contribution in [0.25, 0.3) is 5.69 Å². The number of aldehydes is 1. The summed E-state index contributed by atoms with van der Waals surface area (Å²) in [6, 6.07) is 6.30. The van der Waals surface area contributed by atoms with Crippen LogP contribution in [0.3, 0.4) is 0 Å². The van der Waals surface area contributed by atoms with Crippen molar-refractivity contribution in [2.45, 2.75) is 6.92 Å². The molecule has 1 heterocycles. The molecule has 0 saturated heterocycles. The number of aromatic nitrogens is 2. The van der Waals surface area contributed by atoms with Crippen molar-refractivity contribution in [2.75, 3.05) is 0 Å². The molecular weight excluding hydrogens is 195 g/mol. The number of benzene rings is 1. The Kier molecular flexibility index (Phi) is 2.33. The summed E-state index contributed by atoms with van der Waals surface area (Å²) in [6.45, 7) is 1.73. The third-order valence-corrected chi connectivity index (χ3v) is 2.26. The number of halogens is 1. The second-order valence-corrected chi connectivity index (χ2v) is 3.17. The highest BCUT2D eigenvalue weighted by molar-refractivity contribution is 5.76. The van der Waals surface area contributed by atoms with E-state index in [1.165, 1.54) is 16.9 Å². The largest absolute Gasteiger partial charge is 0.298 e. The second-order valence-electron chi connectivity index (χ2n) is 3.17. The summed E-state index contributed by atoms with van der Waals surface area (Å²) in [6.07, 6.45) is 2.13. The number of hydrogen-bond donors (Lipinski definition) is 0. The predicted octanol–water partition coefficient (Wildman–Crippen LogP) is 2.13. The van der Waals surface area contributed by atoms with E-state index in [0.29, 0.717) is 23.2 Å². The van der Waals surface area contributed by atoms with Gasteiger partial charge in [0.25, 0.3) is 0 Å². The van der Waals surface area contributed by atoms with Crippen LogP contribution in [0.15, 0.2) is 30.5 Å². The first-order chi connectivity index (χ1) is 7.24. The molecule has 2 rings (SSSR count). The van der Waals surface area contributed by atoms with Crippen molar-refractivity contribution in [1.82, 2.24) is 9.78 Å². The van der Waals surface area contributed by atoms with Crippen molar-refractivity contribution in [2.24, 2.45) is 0 Å². The van der Waals surface area contributed by atoms with Gasteiger partial charge in [-0.15, -0.1) is 0 Å². The van der Waals surface area contributed by atoms with Crippen molar-refractivity contribution in [3.8, 4) is 5.69 Å². The predicted molar refractivity (Wildman–Crippen MR) is 53.6 cm³/mol. The van der Waals surface area contributed by atoms with E-state index in [-0.39, 0.29) is 5.82 Å². The molecule has 0 aliphatic carbocycles. The monoisotopic (exact) mass is 204 g/mol. The summed E-state index contributed by atoms with van der Waals surface area (Å²) >= 11 is 0. The Morgan fingerprint density at radius 2 is 2.13 bits per heavy atom. The molecule has 15 heavy (non-hydrogen) atoms. The summed E-state index contributed by atoms with van der Waals surface area (Å²) in [5.41, 5.74) is 1.46. The molecule has 0 saturated carbocycles. The van der Waals surface area contributed by atoms with Gasteiger partial charge in [0.1, 0.15) is 11.5 Å². The minimum atomic E-state index is -0.360. The SMILES string of the molecule is Cc1c(C=O)cnn1-c1ccccc1F. The molecule has 3 nitrogen and oxygen atoms in total. The van der Waals surface area contributed by atoms with Crippen molar-refractivity contribution in [1.29, 1.82) is 0 Å². The molecular formula is C11H9FN2O. The highest BCUT2D eigenvalue weighted by Crippen LogP contribution is 2.15. The summed E-state index contributed by atoms with van der Waals surface area (Å²) in [4.78, 5) is 10.6. The molecule has 0 bridgehead atoms. The summed E-state index contributed by atoms with van der Waals surface area (Å²) in [5, 5.41) is 3.96. The lowest BCUT2D eigenvalue weighted by Crippen LogP contribution is -2.01. The van der Waals surface area contributed by atoms with Crippen LogP contribution in [0.5, 0.6) is 0 Å². The van der Waals surface area contributed by atoms with Gasteiger partial charge in [-0.05, 0) is 19.1 Å². The first-order valence-electron chi connectivity index (χ1n) is 4.48. The molecule has 0 N–H and O–H groups in total. The molecule has 1 aromatic heterocycles. The maximum atomic E-state index is 13.4. The van der Waals surface area contributed by atoms with E-state index in [0.717, 1.165) is 0 Å². The molecule has 1 aromatic carbocycles.